The van der Waals surface area contributed by atoms with Crippen molar-refractivity contribution in [3.63, 3.8) is 0 Å². The molecule has 0 aliphatic heterocycles. The summed E-state index contributed by atoms with van der Waals surface area (Å²) >= 11 is 0. The summed E-state index contributed by atoms with van der Waals surface area (Å²) in [6, 6.07) is 8.76. The van der Waals surface area contributed by atoms with E-state index < -0.39 is 11.7 Å². The van der Waals surface area contributed by atoms with Crippen molar-refractivity contribution in [2.75, 3.05) is 5.32 Å². The molecule has 0 amide bonds. The average molecular weight is 409 g/mol. The number of nitrogens with one attached hydrogen (secondary N) is 1. The number of halogens is 3. The molecule has 0 aliphatic carbocycles. The molecule has 0 radical (unpaired) electrons. The van der Waals surface area contributed by atoms with Crippen LogP contribution in [0.15, 0.2) is 61.6 Å². The maximum atomic E-state index is 13.3. The van der Waals surface area contributed by atoms with E-state index in [0.29, 0.717) is 17.8 Å². The second-order valence-corrected chi connectivity index (χ2v) is 6.45. The summed E-state index contributed by atoms with van der Waals surface area (Å²) in [6.45, 7) is 5.42. The van der Waals surface area contributed by atoms with Gasteiger partial charge >= 0.3 is 6.18 Å². The van der Waals surface area contributed by atoms with Crippen LogP contribution in [-0.4, -0.2) is 16.3 Å². The Hall–Kier alpha value is -3.74. The highest BCUT2D eigenvalue weighted by molar-refractivity contribution is 5.81. The van der Waals surface area contributed by atoms with Gasteiger partial charge in [-0.05, 0) is 41.9 Å². The van der Waals surface area contributed by atoms with Crippen molar-refractivity contribution >= 4 is 24.3 Å². The fourth-order valence-corrected chi connectivity index (χ4v) is 2.99. The molecule has 4 nitrogen and oxygen atoms in total. The molecule has 0 spiro atoms. The van der Waals surface area contributed by atoms with Crippen molar-refractivity contribution in [3.8, 4) is 11.3 Å². The molecule has 3 rings (SSSR count). The first kappa shape index (κ1) is 21.0. The third kappa shape index (κ3) is 4.63. The molecule has 0 saturated heterocycles. The molecule has 1 aromatic heterocycles. The Morgan fingerprint density at radius 1 is 1.03 bits per heavy atom. The molecule has 3 aromatic rings. The van der Waals surface area contributed by atoms with Crippen molar-refractivity contribution in [3.05, 3.63) is 89.4 Å². The number of carbonyl (C=O) groups excluding carboxylic acids is 1. The number of aldehydes is 1. The standard InChI is InChI=1S/C23H18F3N3O/c1-3-27-22-13-28-21(12-29-22)19-6-4-5-17(15(19)2)8-9-18-11-16(14-30)7-10-20(18)23(24,25)26/h3-14H,1H2,2H3,(H,27,29)/b9-8+. The Kier molecular flexibility index (Phi) is 6.11. The van der Waals surface area contributed by atoms with Crippen molar-refractivity contribution in [1.82, 2.24) is 9.97 Å². The van der Waals surface area contributed by atoms with Crippen LogP contribution in [0, 0.1) is 6.92 Å². The van der Waals surface area contributed by atoms with Crippen LogP contribution in [0.1, 0.15) is 32.6 Å². The van der Waals surface area contributed by atoms with Crippen LogP contribution in [0.25, 0.3) is 23.4 Å². The number of anilines is 1. The lowest BCUT2D eigenvalue weighted by atomic mass is 9.98. The number of hydrogen-bond donors (Lipinski definition) is 1. The molecule has 1 N–H and O–H groups in total. The number of carbonyl (C=O) groups is 1. The molecule has 0 saturated carbocycles. The normalized spacial score (nSPS) is 11.5. The Morgan fingerprint density at radius 3 is 2.43 bits per heavy atom. The van der Waals surface area contributed by atoms with E-state index in [1.54, 1.807) is 30.6 Å². The van der Waals surface area contributed by atoms with E-state index in [1.165, 1.54) is 18.3 Å². The largest absolute Gasteiger partial charge is 0.416 e. The zero-order valence-electron chi connectivity index (χ0n) is 16.1. The molecule has 0 fully saturated rings. The smallest absolute Gasteiger partial charge is 0.346 e. The van der Waals surface area contributed by atoms with E-state index in [-0.39, 0.29) is 11.1 Å². The Morgan fingerprint density at radius 2 is 1.80 bits per heavy atom. The first-order valence-corrected chi connectivity index (χ1v) is 8.97. The summed E-state index contributed by atoms with van der Waals surface area (Å²) in [7, 11) is 0. The van der Waals surface area contributed by atoms with E-state index in [1.807, 2.05) is 13.0 Å². The van der Waals surface area contributed by atoms with Gasteiger partial charge in [-0.25, -0.2) is 4.98 Å². The first-order valence-electron chi connectivity index (χ1n) is 8.97. The summed E-state index contributed by atoms with van der Waals surface area (Å²) in [5.74, 6) is 0.553. The van der Waals surface area contributed by atoms with Gasteiger partial charge in [-0.3, -0.25) is 9.78 Å². The van der Waals surface area contributed by atoms with Gasteiger partial charge < -0.3 is 5.32 Å². The summed E-state index contributed by atoms with van der Waals surface area (Å²) in [5, 5.41) is 2.84. The van der Waals surface area contributed by atoms with Gasteiger partial charge in [-0.15, -0.1) is 0 Å². The second kappa shape index (κ2) is 8.73. The molecular formula is C23H18F3N3O. The third-order valence-corrected chi connectivity index (χ3v) is 4.51. The first-order chi connectivity index (χ1) is 14.3. The summed E-state index contributed by atoms with van der Waals surface area (Å²) in [6.07, 6.45) is 3.64. The fraction of sp³-hybridized carbons (Fsp3) is 0.0870. The highest BCUT2D eigenvalue weighted by atomic mass is 19.4. The van der Waals surface area contributed by atoms with E-state index in [2.05, 4.69) is 21.9 Å². The second-order valence-electron chi connectivity index (χ2n) is 6.45. The van der Waals surface area contributed by atoms with Crippen molar-refractivity contribution in [1.29, 1.82) is 0 Å². The van der Waals surface area contributed by atoms with E-state index in [4.69, 9.17) is 0 Å². The van der Waals surface area contributed by atoms with Gasteiger partial charge in [-0.2, -0.15) is 13.2 Å². The zero-order valence-corrected chi connectivity index (χ0v) is 16.1. The quantitative estimate of drug-likeness (QED) is 0.400. The Bertz CT molecular complexity index is 1100. The lowest BCUT2D eigenvalue weighted by molar-refractivity contribution is -0.137. The Balaban J connectivity index is 1.99. The minimum atomic E-state index is -4.52. The molecule has 0 bridgehead atoms. The maximum Gasteiger partial charge on any atom is 0.416 e. The number of benzene rings is 2. The highest BCUT2D eigenvalue weighted by Gasteiger charge is 2.32. The average Bonchev–Trinajstić information content (AvgIpc) is 2.73. The molecule has 0 atom stereocenters. The van der Waals surface area contributed by atoms with Gasteiger partial charge in [0.15, 0.2) is 0 Å². The number of nitrogens with zero attached hydrogens (tertiary/aromatic N) is 2. The van der Waals surface area contributed by atoms with Crippen LogP contribution >= 0.6 is 0 Å². The van der Waals surface area contributed by atoms with Crippen LogP contribution in [-0.2, 0) is 6.18 Å². The third-order valence-electron chi connectivity index (χ3n) is 4.51. The molecule has 2 aromatic carbocycles. The minimum absolute atomic E-state index is 0.0726. The van der Waals surface area contributed by atoms with Gasteiger partial charge in [0.2, 0.25) is 0 Å². The van der Waals surface area contributed by atoms with Crippen LogP contribution in [0.3, 0.4) is 0 Å². The summed E-state index contributed by atoms with van der Waals surface area (Å²) < 4.78 is 39.9. The van der Waals surface area contributed by atoms with E-state index in [0.717, 1.165) is 28.8 Å². The van der Waals surface area contributed by atoms with Crippen molar-refractivity contribution in [2.24, 2.45) is 0 Å². The van der Waals surface area contributed by atoms with Gasteiger partial charge in [-0.1, -0.05) is 43.0 Å². The lowest BCUT2D eigenvalue weighted by Crippen LogP contribution is -2.07. The molecule has 0 unspecified atom stereocenters. The SMILES string of the molecule is C=CNc1cnc(-c2cccc(/C=C/c3cc(C=O)ccc3C(F)(F)F)c2C)cn1. The van der Waals surface area contributed by atoms with Gasteiger partial charge in [0.05, 0.1) is 23.7 Å². The fourth-order valence-electron chi connectivity index (χ4n) is 2.99. The number of aromatic nitrogens is 2. The van der Waals surface area contributed by atoms with E-state index in [9.17, 15) is 18.0 Å². The lowest BCUT2D eigenvalue weighted by Gasteiger charge is -2.11. The van der Waals surface area contributed by atoms with Gasteiger partial charge in [0, 0.05) is 11.1 Å². The maximum absolute atomic E-state index is 13.3. The van der Waals surface area contributed by atoms with Crippen LogP contribution in [0.2, 0.25) is 0 Å². The topological polar surface area (TPSA) is 54.9 Å². The molecule has 7 heteroatoms. The van der Waals surface area contributed by atoms with Crippen molar-refractivity contribution in [2.45, 2.75) is 13.1 Å². The van der Waals surface area contributed by atoms with Crippen LogP contribution in [0.4, 0.5) is 19.0 Å². The van der Waals surface area contributed by atoms with Crippen LogP contribution in [0.5, 0.6) is 0 Å². The van der Waals surface area contributed by atoms with Crippen molar-refractivity contribution < 1.29 is 18.0 Å². The van der Waals surface area contributed by atoms with Crippen LogP contribution < -0.4 is 5.32 Å². The predicted octanol–water partition coefficient (Wildman–Crippen LogP) is 6.01. The number of rotatable bonds is 6. The molecule has 30 heavy (non-hydrogen) atoms. The summed E-state index contributed by atoms with van der Waals surface area (Å²) in [4.78, 5) is 19.6. The molecule has 0 aliphatic rings. The monoisotopic (exact) mass is 409 g/mol. The number of hydrogen-bond acceptors (Lipinski definition) is 4. The van der Waals surface area contributed by atoms with E-state index >= 15 is 0 Å². The zero-order chi connectivity index (χ0) is 21.7. The molecule has 152 valence electrons. The van der Waals surface area contributed by atoms with Gasteiger partial charge in [0.25, 0.3) is 0 Å². The molecular weight excluding hydrogens is 391 g/mol. The minimum Gasteiger partial charge on any atom is -0.346 e. The predicted molar refractivity (Wildman–Crippen MR) is 112 cm³/mol. The Labute approximate surface area is 171 Å². The molecule has 1 heterocycles. The summed E-state index contributed by atoms with van der Waals surface area (Å²) in [5.41, 5.74) is 2.33. The number of alkyl halides is 3. The van der Waals surface area contributed by atoms with Gasteiger partial charge in [0.1, 0.15) is 12.1 Å². The highest BCUT2D eigenvalue weighted by Crippen LogP contribution is 2.33.